The first-order valence-electron chi connectivity index (χ1n) is 9.29. The summed E-state index contributed by atoms with van der Waals surface area (Å²) in [6, 6.07) is 26.9. The molecule has 0 aliphatic heterocycles. The zero-order valence-electron chi connectivity index (χ0n) is 16.6. The van der Waals surface area contributed by atoms with Crippen LogP contribution in [-0.2, 0) is 0 Å². The highest BCUT2D eigenvalue weighted by Crippen LogP contribution is 2.44. The van der Waals surface area contributed by atoms with E-state index in [0.29, 0.717) is 0 Å². The lowest BCUT2D eigenvalue weighted by Gasteiger charge is -2.07. The number of hydrogen-bond donors (Lipinski definition) is 0. The Bertz CT molecular complexity index is 1010. The molecule has 0 bridgehead atoms. The van der Waals surface area contributed by atoms with Crippen molar-refractivity contribution in [1.29, 1.82) is 0 Å². The van der Waals surface area contributed by atoms with Crippen LogP contribution in [0, 0.1) is 0 Å². The van der Waals surface area contributed by atoms with Crippen LogP contribution in [0.1, 0.15) is 0 Å². The van der Waals surface area contributed by atoms with E-state index in [2.05, 4.69) is 42.5 Å². The summed E-state index contributed by atoms with van der Waals surface area (Å²) >= 11 is 1.78. The molecule has 0 saturated heterocycles. The number of benzene rings is 3. The van der Waals surface area contributed by atoms with Crippen LogP contribution in [0.3, 0.4) is 0 Å². The van der Waals surface area contributed by atoms with E-state index in [4.69, 9.17) is 14.2 Å². The third kappa shape index (κ3) is 3.98. The quantitative estimate of drug-likeness (QED) is 0.356. The number of methoxy groups -OCH3 is 3. The summed E-state index contributed by atoms with van der Waals surface area (Å²) in [7, 11) is 5.05. The van der Waals surface area contributed by atoms with Crippen LogP contribution >= 0.6 is 11.3 Å². The molecule has 4 aromatic rings. The summed E-state index contributed by atoms with van der Waals surface area (Å²) in [6.07, 6.45) is 0. The van der Waals surface area contributed by atoms with Gasteiger partial charge in [-0.3, -0.25) is 0 Å². The predicted molar refractivity (Wildman–Crippen MR) is 120 cm³/mol. The third-order valence-electron chi connectivity index (χ3n) is 4.86. The molecule has 146 valence electrons. The van der Waals surface area contributed by atoms with Crippen LogP contribution in [-0.4, -0.2) is 21.3 Å². The standard InChI is InChI=1S/C25H22O3S/c1-26-20-10-4-17(5-11-20)23-16-24(18-6-12-21(27-2)13-7-18)29-25(23)19-8-14-22(28-3)15-9-19/h4-16H,1-3H3. The smallest absolute Gasteiger partial charge is 0.118 e. The summed E-state index contributed by atoms with van der Waals surface area (Å²) in [6.45, 7) is 0. The van der Waals surface area contributed by atoms with Gasteiger partial charge in [-0.25, -0.2) is 0 Å². The highest BCUT2D eigenvalue weighted by Gasteiger charge is 2.15. The predicted octanol–water partition coefficient (Wildman–Crippen LogP) is 6.77. The zero-order chi connectivity index (χ0) is 20.2. The first-order chi connectivity index (χ1) is 14.2. The normalized spacial score (nSPS) is 10.6. The number of hydrogen-bond acceptors (Lipinski definition) is 4. The van der Waals surface area contributed by atoms with E-state index in [-0.39, 0.29) is 0 Å². The fraction of sp³-hybridized carbons (Fsp3) is 0.120. The van der Waals surface area contributed by atoms with Gasteiger partial charge in [0, 0.05) is 15.3 Å². The lowest BCUT2D eigenvalue weighted by Crippen LogP contribution is -1.84. The van der Waals surface area contributed by atoms with Crippen molar-refractivity contribution in [3.05, 3.63) is 78.9 Å². The van der Waals surface area contributed by atoms with Gasteiger partial charge in [0.15, 0.2) is 0 Å². The highest BCUT2D eigenvalue weighted by atomic mass is 32.1. The van der Waals surface area contributed by atoms with Gasteiger partial charge >= 0.3 is 0 Å². The van der Waals surface area contributed by atoms with Crippen molar-refractivity contribution in [3.63, 3.8) is 0 Å². The van der Waals surface area contributed by atoms with E-state index >= 15 is 0 Å². The highest BCUT2D eigenvalue weighted by molar-refractivity contribution is 7.19. The molecule has 3 aromatic carbocycles. The van der Waals surface area contributed by atoms with E-state index in [9.17, 15) is 0 Å². The van der Waals surface area contributed by atoms with Gasteiger partial charge in [0.05, 0.1) is 21.3 Å². The molecule has 0 atom stereocenters. The van der Waals surface area contributed by atoms with E-state index in [0.717, 1.165) is 22.8 Å². The molecular weight excluding hydrogens is 380 g/mol. The van der Waals surface area contributed by atoms with Crippen LogP contribution in [0.5, 0.6) is 17.2 Å². The molecule has 0 aliphatic carbocycles. The van der Waals surface area contributed by atoms with E-state index in [1.807, 2.05) is 36.4 Å². The van der Waals surface area contributed by atoms with E-state index in [1.165, 1.54) is 26.4 Å². The molecule has 3 nitrogen and oxygen atoms in total. The summed E-state index contributed by atoms with van der Waals surface area (Å²) < 4.78 is 15.9. The number of rotatable bonds is 6. The molecule has 1 heterocycles. The minimum Gasteiger partial charge on any atom is -0.497 e. The molecule has 0 spiro atoms. The number of ether oxygens (including phenoxy) is 3. The second kappa shape index (κ2) is 8.41. The van der Waals surface area contributed by atoms with Crippen molar-refractivity contribution in [1.82, 2.24) is 0 Å². The summed E-state index contributed by atoms with van der Waals surface area (Å²) in [4.78, 5) is 2.44. The van der Waals surface area contributed by atoms with Gasteiger partial charge in [0.2, 0.25) is 0 Å². The molecule has 4 heteroatoms. The van der Waals surface area contributed by atoms with Crippen LogP contribution in [0.4, 0.5) is 0 Å². The molecule has 29 heavy (non-hydrogen) atoms. The van der Waals surface area contributed by atoms with Crippen molar-refractivity contribution in [2.45, 2.75) is 0 Å². The molecule has 0 amide bonds. The molecule has 0 aliphatic rings. The van der Waals surface area contributed by atoms with Crippen LogP contribution in [0.15, 0.2) is 78.9 Å². The molecular formula is C25H22O3S. The lowest BCUT2D eigenvalue weighted by molar-refractivity contribution is 0.414. The molecule has 1 aromatic heterocycles. The van der Waals surface area contributed by atoms with Gasteiger partial charge in [-0.15, -0.1) is 11.3 Å². The van der Waals surface area contributed by atoms with Crippen molar-refractivity contribution in [2.24, 2.45) is 0 Å². The molecule has 0 saturated carbocycles. The van der Waals surface area contributed by atoms with Gasteiger partial charge in [-0.2, -0.15) is 0 Å². The minimum absolute atomic E-state index is 0.852. The second-order valence-electron chi connectivity index (χ2n) is 6.54. The van der Waals surface area contributed by atoms with Crippen molar-refractivity contribution < 1.29 is 14.2 Å². The van der Waals surface area contributed by atoms with Crippen LogP contribution in [0.25, 0.3) is 32.0 Å². The average molecular weight is 403 g/mol. The summed E-state index contributed by atoms with van der Waals surface area (Å²) in [5.41, 5.74) is 4.70. The van der Waals surface area contributed by atoms with Crippen molar-refractivity contribution in [3.8, 4) is 49.3 Å². The first kappa shape index (κ1) is 19.1. The molecule has 0 N–H and O–H groups in total. The molecule has 0 unspecified atom stereocenters. The summed E-state index contributed by atoms with van der Waals surface area (Å²) in [5.74, 6) is 2.56. The van der Waals surface area contributed by atoms with Gasteiger partial charge in [0.1, 0.15) is 17.2 Å². The Balaban J connectivity index is 1.82. The Hall–Kier alpha value is -3.24. The number of thiophene rings is 1. The fourth-order valence-electron chi connectivity index (χ4n) is 3.23. The van der Waals surface area contributed by atoms with Crippen molar-refractivity contribution >= 4 is 11.3 Å². The zero-order valence-corrected chi connectivity index (χ0v) is 17.5. The molecule has 4 rings (SSSR count). The Morgan fingerprint density at radius 3 is 1.38 bits per heavy atom. The van der Waals surface area contributed by atoms with Gasteiger partial charge in [-0.05, 0) is 83.4 Å². The monoisotopic (exact) mass is 402 g/mol. The SMILES string of the molecule is COc1ccc(-c2cc(-c3ccc(OC)cc3)c(-c3ccc(OC)cc3)s2)cc1. The van der Waals surface area contributed by atoms with E-state index in [1.54, 1.807) is 32.7 Å². The Morgan fingerprint density at radius 2 is 0.931 bits per heavy atom. The Morgan fingerprint density at radius 1 is 0.517 bits per heavy atom. The maximum Gasteiger partial charge on any atom is 0.118 e. The Labute approximate surface area is 175 Å². The second-order valence-corrected chi connectivity index (χ2v) is 7.59. The first-order valence-corrected chi connectivity index (χ1v) is 10.1. The maximum atomic E-state index is 5.32. The maximum absolute atomic E-state index is 5.32. The molecule has 0 radical (unpaired) electrons. The average Bonchev–Trinajstić information content (AvgIpc) is 3.24. The van der Waals surface area contributed by atoms with Crippen LogP contribution in [0.2, 0.25) is 0 Å². The Kier molecular flexibility index (Phi) is 5.54. The van der Waals surface area contributed by atoms with Crippen LogP contribution < -0.4 is 14.2 Å². The van der Waals surface area contributed by atoms with Gasteiger partial charge in [-0.1, -0.05) is 12.1 Å². The third-order valence-corrected chi connectivity index (χ3v) is 6.09. The van der Waals surface area contributed by atoms with E-state index < -0.39 is 0 Å². The van der Waals surface area contributed by atoms with Gasteiger partial charge in [0.25, 0.3) is 0 Å². The summed E-state index contributed by atoms with van der Waals surface area (Å²) in [5, 5.41) is 0. The topological polar surface area (TPSA) is 27.7 Å². The van der Waals surface area contributed by atoms with Gasteiger partial charge < -0.3 is 14.2 Å². The largest absolute Gasteiger partial charge is 0.497 e. The fourth-order valence-corrected chi connectivity index (χ4v) is 4.42. The lowest BCUT2D eigenvalue weighted by atomic mass is 10.0. The minimum atomic E-state index is 0.852. The molecule has 0 fully saturated rings. The van der Waals surface area contributed by atoms with Crippen molar-refractivity contribution in [2.75, 3.05) is 21.3 Å².